The Balaban J connectivity index is 3.43. The van der Waals surface area contributed by atoms with Crippen LogP contribution >= 0.6 is 0 Å². The minimum atomic E-state index is -0.283. The van der Waals surface area contributed by atoms with Crippen molar-refractivity contribution in [2.24, 2.45) is 0 Å². The number of hydrogen-bond donors (Lipinski definition) is 0. The van der Waals surface area contributed by atoms with Crippen molar-refractivity contribution in [2.45, 2.75) is 52.0 Å². The first-order chi connectivity index (χ1) is 9.11. The highest BCUT2D eigenvalue weighted by Gasteiger charge is 2.07. The fourth-order valence-electron chi connectivity index (χ4n) is 1.64. The van der Waals surface area contributed by atoms with Crippen LogP contribution in [0, 0.1) is 0 Å². The van der Waals surface area contributed by atoms with Crippen molar-refractivity contribution in [1.29, 1.82) is 0 Å². The van der Waals surface area contributed by atoms with E-state index in [0.29, 0.717) is 25.4 Å². The normalized spacial score (nSPS) is 11.4. The van der Waals surface area contributed by atoms with Gasteiger partial charge < -0.3 is 14.2 Å². The lowest BCUT2D eigenvalue weighted by atomic mass is 10.4. The molecule has 0 radical (unpaired) electrons. The smallest absolute Gasteiger partial charge is 0.333 e. The van der Waals surface area contributed by atoms with Gasteiger partial charge in [0, 0.05) is 28.3 Å². The Morgan fingerprint density at radius 2 is 1.84 bits per heavy atom. The second-order valence-corrected chi connectivity index (χ2v) is 6.58. The number of rotatable bonds is 12. The second kappa shape index (κ2) is 12.4. The van der Waals surface area contributed by atoms with Crippen LogP contribution in [0.2, 0.25) is 12.1 Å². The van der Waals surface area contributed by atoms with Crippen LogP contribution in [-0.4, -0.2) is 41.6 Å². The molecule has 0 unspecified atom stereocenters. The third-order valence-corrected chi connectivity index (χ3v) is 4.53. The number of ether oxygens (including phenoxy) is 3. The van der Waals surface area contributed by atoms with Crippen LogP contribution in [0.25, 0.3) is 0 Å². The molecule has 0 heterocycles. The van der Waals surface area contributed by atoms with Crippen LogP contribution in [0.1, 0.15) is 33.6 Å². The van der Waals surface area contributed by atoms with Crippen molar-refractivity contribution < 1.29 is 19.0 Å². The maximum atomic E-state index is 11.1. The zero-order valence-corrected chi connectivity index (χ0v) is 14.0. The van der Waals surface area contributed by atoms with Gasteiger partial charge >= 0.3 is 5.97 Å². The third-order valence-electron chi connectivity index (χ3n) is 2.62. The van der Waals surface area contributed by atoms with Gasteiger partial charge in [-0.05, 0) is 33.6 Å². The summed E-state index contributed by atoms with van der Waals surface area (Å²) in [4.78, 5) is 11.1. The summed E-state index contributed by atoms with van der Waals surface area (Å²) < 4.78 is 16.0. The van der Waals surface area contributed by atoms with Crippen molar-refractivity contribution in [3.8, 4) is 0 Å². The first-order valence-corrected chi connectivity index (χ1v) is 9.17. The van der Waals surface area contributed by atoms with Crippen LogP contribution in [0.15, 0.2) is 12.2 Å². The highest BCUT2D eigenvalue weighted by Crippen LogP contribution is 2.06. The third kappa shape index (κ3) is 10.9. The van der Waals surface area contributed by atoms with E-state index in [0.717, 1.165) is 12.8 Å². The lowest BCUT2D eigenvalue weighted by Gasteiger charge is -2.16. The molecule has 0 atom stereocenters. The zero-order chi connectivity index (χ0) is 14.5. The highest BCUT2D eigenvalue weighted by molar-refractivity contribution is 6.35. The summed E-state index contributed by atoms with van der Waals surface area (Å²) >= 11 is 0. The zero-order valence-electron chi connectivity index (χ0n) is 12.6. The summed E-state index contributed by atoms with van der Waals surface area (Å²) in [5, 5.41) is 0. The predicted octanol–water partition coefficient (Wildman–Crippen LogP) is 2.29. The number of carbonyl (C=O) groups is 1. The van der Waals surface area contributed by atoms with E-state index in [9.17, 15) is 4.79 Å². The highest BCUT2D eigenvalue weighted by atomic mass is 28.2. The largest absolute Gasteiger partial charge is 0.462 e. The quantitative estimate of drug-likeness (QED) is 0.182. The molecular weight excluding hydrogens is 260 g/mol. The molecular formula is C14H28O4Si. The van der Waals surface area contributed by atoms with Crippen molar-refractivity contribution >= 4 is 15.5 Å². The lowest BCUT2D eigenvalue weighted by Crippen LogP contribution is -2.17. The molecule has 0 aromatic rings. The second-order valence-electron chi connectivity index (χ2n) is 4.46. The Morgan fingerprint density at radius 1 is 1.21 bits per heavy atom. The van der Waals surface area contributed by atoms with Crippen LogP contribution in [-0.2, 0) is 19.0 Å². The predicted molar refractivity (Wildman–Crippen MR) is 80.2 cm³/mol. The molecule has 4 nitrogen and oxygen atoms in total. The van der Waals surface area contributed by atoms with Gasteiger partial charge in [0.2, 0.25) is 0 Å². The van der Waals surface area contributed by atoms with Gasteiger partial charge in [0.15, 0.2) is 6.29 Å². The average Bonchev–Trinajstić information content (AvgIpc) is 2.37. The van der Waals surface area contributed by atoms with Crippen molar-refractivity contribution in [3.63, 3.8) is 0 Å². The monoisotopic (exact) mass is 288 g/mol. The van der Waals surface area contributed by atoms with Gasteiger partial charge in [-0.1, -0.05) is 18.7 Å². The average molecular weight is 288 g/mol. The van der Waals surface area contributed by atoms with Gasteiger partial charge in [0.1, 0.15) is 0 Å². The molecule has 5 heteroatoms. The molecule has 0 aromatic carbocycles. The summed E-state index contributed by atoms with van der Waals surface area (Å²) in [6.45, 7) is 11.1. The first-order valence-electron chi connectivity index (χ1n) is 7.17. The van der Waals surface area contributed by atoms with Gasteiger partial charge in [-0.3, -0.25) is 0 Å². The van der Waals surface area contributed by atoms with E-state index >= 15 is 0 Å². The van der Waals surface area contributed by atoms with Gasteiger partial charge in [0.25, 0.3) is 0 Å². The summed E-state index contributed by atoms with van der Waals surface area (Å²) in [5.74, 6) is -0.283. The van der Waals surface area contributed by atoms with E-state index in [-0.39, 0.29) is 21.8 Å². The Kier molecular flexibility index (Phi) is 12.0. The minimum absolute atomic E-state index is 0.0382. The standard InChI is InChI=1S/C14H28O4Si/c1-5-16-13(17-6-2)8-11-19-10-7-9-18-14(15)12(3)4/h13H,3,5-11,19H2,1-2,4H3. The molecule has 0 saturated carbocycles. The molecule has 0 N–H and O–H groups in total. The Morgan fingerprint density at radius 3 is 2.37 bits per heavy atom. The Labute approximate surface area is 119 Å². The van der Waals surface area contributed by atoms with E-state index < -0.39 is 0 Å². The fraction of sp³-hybridized carbons (Fsp3) is 0.786. The minimum Gasteiger partial charge on any atom is -0.462 e. The van der Waals surface area contributed by atoms with E-state index in [1.165, 1.54) is 12.1 Å². The van der Waals surface area contributed by atoms with Gasteiger partial charge in [0.05, 0.1) is 6.61 Å². The lowest BCUT2D eigenvalue weighted by molar-refractivity contribution is -0.138. The van der Waals surface area contributed by atoms with Gasteiger partial charge in [-0.15, -0.1) is 0 Å². The molecule has 112 valence electrons. The van der Waals surface area contributed by atoms with Crippen LogP contribution in [0.4, 0.5) is 0 Å². The van der Waals surface area contributed by atoms with Crippen molar-refractivity contribution in [1.82, 2.24) is 0 Å². The Bertz CT molecular complexity index is 250. The van der Waals surface area contributed by atoms with Crippen molar-refractivity contribution in [3.05, 3.63) is 12.2 Å². The molecule has 0 amide bonds. The summed E-state index contributed by atoms with van der Waals surface area (Å²) in [6.07, 6.45) is 1.90. The number of esters is 1. The van der Waals surface area contributed by atoms with Crippen LogP contribution in [0.3, 0.4) is 0 Å². The number of hydrogen-bond acceptors (Lipinski definition) is 4. The van der Waals surface area contributed by atoms with E-state index in [2.05, 4.69) is 6.58 Å². The summed E-state index contributed by atoms with van der Waals surface area (Å²) in [6, 6.07) is 2.40. The molecule has 0 spiro atoms. The van der Waals surface area contributed by atoms with Crippen LogP contribution in [0.5, 0.6) is 0 Å². The summed E-state index contributed by atoms with van der Waals surface area (Å²) in [7, 11) is -0.103. The molecule has 0 aromatic heterocycles. The summed E-state index contributed by atoms with van der Waals surface area (Å²) in [5.41, 5.74) is 0.466. The molecule has 0 aliphatic rings. The molecule has 0 fully saturated rings. The molecule has 0 rings (SSSR count). The number of carbonyl (C=O) groups excluding carboxylic acids is 1. The SMILES string of the molecule is C=C(C)C(=O)OCCC[SiH2]CCC(OCC)OCC. The maximum Gasteiger partial charge on any atom is 0.333 e. The molecule has 0 aliphatic carbocycles. The first kappa shape index (κ1) is 18.3. The van der Waals surface area contributed by atoms with Crippen LogP contribution < -0.4 is 0 Å². The van der Waals surface area contributed by atoms with Crippen molar-refractivity contribution in [2.75, 3.05) is 19.8 Å². The molecule has 0 bridgehead atoms. The Hall–Kier alpha value is -0.653. The maximum absolute atomic E-state index is 11.1. The molecule has 0 saturated heterocycles. The van der Waals surface area contributed by atoms with Gasteiger partial charge in [-0.25, -0.2) is 4.79 Å². The fourth-order valence-corrected chi connectivity index (χ4v) is 3.17. The molecule has 0 aliphatic heterocycles. The molecule has 19 heavy (non-hydrogen) atoms. The van der Waals surface area contributed by atoms with E-state index in [1.807, 2.05) is 13.8 Å². The van der Waals surface area contributed by atoms with E-state index in [1.54, 1.807) is 6.92 Å². The topological polar surface area (TPSA) is 44.8 Å². The van der Waals surface area contributed by atoms with E-state index in [4.69, 9.17) is 14.2 Å². The van der Waals surface area contributed by atoms with Gasteiger partial charge in [-0.2, -0.15) is 0 Å².